The topological polar surface area (TPSA) is 55.1 Å². The number of hydrogen-bond donors (Lipinski definition) is 2. The van der Waals surface area contributed by atoms with Crippen molar-refractivity contribution in [3.05, 3.63) is 29.3 Å². The molecule has 1 saturated carbocycles. The normalized spacial score (nSPS) is 26.3. The number of hydrogen-bond acceptors (Lipinski definition) is 2. The zero-order valence-electron chi connectivity index (χ0n) is 12.8. The van der Waals surface area contributed by atoms with Gasteiger partial charge in [-0.1, -0.05) is 24.6 Å². The lowest BCUT2D eigenvalue weighted by molar-refractivity contribution is -0.127. The van der Waals surface area contributed by atoms with Crippen molar-refractivity contribution in [2.24, 2.45) is 17.1 Å². The highest BCUT2D eigenvalue weighted by Gasteiger charge is 2.39. The van der Waals surface area contributed by atoms with Crippen LogP contribution in [0.25, 0.3) is 0 Å². The van der Waals surface area contributed by atoms with Crippen LogP contribution >= 0.6 is 0 Å². The molecule has 0 spiro atoms. The second kappa shape index (κ2) is 5.96. The molecular weight excluding hydrogens is 248 g/mol. The molecule has 3 N–H and O–H groups in total. The second-order valence-electron chi connectivity index (χ2n) is 6.44. The van der Waals surface area contributed by atoms with Crippen LogP contribution in [0.15, 0.2) is 18.2 Å². The summed E-state index contributed by atoms with van der Waals surface area (Å²) in [5, 5.41) is 3.09. The van der Waals surface area contributed by atoms with Gasteiger partial charge in [-0.2, -0.15) is 0 Å². The number of amides is 1. The summed E-state index contributed by atoms with van der Waals surface area (Å²) in [6, 6.07) is 6.10. The molecule has 2 rings (SSSR count). The average Bonchev–Trinajstić information content (AvgIpc) is 2.43. The minimum absolute atomic E-state index is 0.0962. The zero-order valence-corrected chi connectivity index (χ0v) is 12.8. The fourth-order valence-corrected chi connectivity index (χ4v) is 3.05. The van der Waals surface area contributed by atoms with Gasteiger partial charge in [-0.05, 0) is 57.1 Å². The molecule has 1 fully saturated rings. The molecule has 0 aromatic heterocycles. The molecule has 1 aromatic carbocycles. The van der Waals surface area contributed by atoms with Gasteiger partial charge in [0, 0.05) is 12.2 Å². The van der Waals surface area contributed by atoms with Crippen molar-refractivity contribution in [2.45, 2.75) is 46.5 Å². The maximum atomic E-state index is 12.7. The minimum Gasteiger partial charge on any atom is -0.329 e. The van der Waals surface area contributed by atoms with Crippen molar-refractivity contribution in [1.29, 1.82) is 0 Å². The molecule has 3 nitrogen and oxygen atoms in total. The number of rotatable bonds is 3. The number of anilines is 1. The van der Waals surface area contributed by atoms with Crippen LogP contribution in [0.3, 0.4) is 0 Å². The summed E-state index contributed by atoms with van der Waals surface area (Å²) in [6.45, 7) is 6.78. The summed E-state index contributed by atoms with van der Waals surface area (Å²) in [4.78, 5) is 12.7. The molecular formula is C17H26N2O. The van der Waals surface area contributed by atoms with Crippen LogP contribution in [0, 0.1) is 25.2 Å². The Bertz CT molecular complexity index is 488. The van der Waals surface area contributed by atoms with Crippen LogP contribution in [0.2, 0.25) is 0 Å². The van der Waals surface area contributed by atoms with E-state index in [1.807, 2.05) is 19.1 Å². The first-order valence-electron chi connectivity index (χ1n) is 7.55. The fraction of sp³-hybridized carbons (Fsp3) is 0.588. The van der Waals surface area contributed by atoms with E-state index in [2.05, 4.69) is 25.2 Å². The van der Waals surface area contributed by atoms with Crippen molar-refractivity contribution < 1.29 is 4.79 Å². The number of nitrogens with two attached hydrogens (primary N) is 1. The van der Waals surface area contributed by atoms with Gasteiger partial charge in [0.2, 0.25) is 5.91 Å². The maximum Gasteiger partial charge on any atom is 0.231 e. The Kier molecular flexibility index (Phi) is 4.48. The van der Waals surface area contributed by atoms with E-state index in [1.54, 1.807) is 0 Å². The van der Waals surface area contributed by atoms with Crippen molar-refractivity contribution in [3.8, 4) is 0 Å². The lowest BCUT2D eigenvalue weighted by Crippen LogP contribution is -2.44. The van der Waals surface area contributed by atoms with Crippen LogP contribution < -0.4 is 11.1 Å². The molecule has 0 atom stereocenters. The Morgan fingerprint density at radius 1 is 1.35 bits per heavy atom. The molecule has 0 heterocycles. The van der Waals surface area contributed by atoms with E-state index in [0.717, 1.165) is 36.9 Å². The van der Waals surface area contributed by atoms with E-state index in [9.17, 15) is 4.79 Å². The number of benzene rings is 1. The maximum absolute atomic E-state index is 12.7. The molecule has 0 radical (unpaired) electrons. The van der Waals surface area contributed by atoms with Crippen LogP contribution in [-0.4, -0.2) is 12.5 Å². The number of carbonyl (C=O) groups is 1. The summed E-state index contributed by atoms with van der Waals surface area (Å²) < 4.78 is 0. The van der Waals surface area contributed by atoms with Gasteiger partial charge < -0.3 is 11.1 Å². The monoisotopic (exact) mass is 274 g/mol. The van der Waals surface area contributed by atoms with Crippen LogP contribution in [0.4, 0.5) is 5.69 Å². The minimum atomic E-state index is -0.371. The fourth-order valence-electron chi connectivity index (χ4n) is 3.05. The third-order valence-corrected chi connectivity index (χ3v) is 4.73. The van der Waals surface area contributed by atoms with Gasteiger partial charge in [-0.3, -0.25) is 4.79 Å². The molecule has 0 unspecified atom stereocenters. The van der Waals surface area contributed by atoms with Crippen LogP contribution in [-0.2, 0) is 4.79 Å². The number of nitrogens with one attached hydrogen (secondary N) is 1. The van der Waals surface area contributed by atoms with Crippen LogP contribution in [0.5, 0.6) is 0 Å². The molecule has 0 bridgehead atoms. The first-order valence-corrected chi connectivity index (χ1v) is 7.55. The molecule has 3 heteroatoms. The zero-order chi connectivity index (χ0) is 14.8. The van der Waals surface area contributed by atoms with Gasteiger partial charge in [0.05, 0.1) is 5.41 Å². The predicted octanol–water partition coefficient (Wildman–Crippen LogP) is 3.40. The molecule has 1 amide bonds. The Labute approximate surface area is 121 Å². The molecule has 20 heavy (non-hydrogen) atoms. The summed E-state index contributed by atoms with van der Waals surface area (Å²) in [5.74, 6) is 0.808. The van der Waals surface area contributed by atoms with Gasteiger partial charge in [0.15, 0.2) is 0 Å². The van der Waals surface area contributed by atoms with Gasteiger partial charge in [-0.25, -0.2) is 0 Å². The highest BCUT2D eigenvalue weighted by molar-refractivity contribution is 5.96. The second-order valence-corrected chi connectivity index (χ2v) is 6.44. The Morgan fingerprint density at radius 2 is 2.00 bits per heavy atom. The standard InChI is InChI=1S/C17H26N2O/c1-12-6-8-17(11-18,9-7-12)16(20)19-15-5-4-13(2)10-14(15)3/h4-5,10,12H,6-9,11,18H2,1-3H3,(H,19,20). The van der Waals surface area contributed by atoms with Gasteiger partial charge in [0.1, 0.15) is 0 Å². The van der Waals surface area contributed by atoms with Gasteiger partial charge >= 0.3 is 0 Å². The van der Waals surface area contributed by atoms with E-state index in [-0.39, 0.29) is 11.3 Å². The molecule has 1 aromatic rings. The van der Waals surface area contributed by atoms with E-state index >= 15 is 0 Å². The molecule has 1 aliphatic rings. The SMILES string of the molecule is Cc1ccc(NC(=O)C2(CN)CCC(C)CC2)c(C)c1. The summed E-state index contributed by atoms with van der Waals surface area (Å²) in [6.07, 6.45) is 4.00. The summed E-state index contributed by atoms with van der Waals surface area (Å²) in [7, 11) is 0. The largest absolute Gasteiger partial charge is 0.329 e. The van der Waals surface area contributed by atoms with Crippen LogP contribution in [0.1, 0.15) is 43.7 Å². The average molecular weight is 274 g/mol. The highest BCUT2D eigenvalue weighted by Crippen LogP contribution is 2.39. The van der Waals surface area contributed by atoms with Crippen molar-refractivity contribution in [1.82, 2.24) is 0 Å². The van der Waals surface area contributed by atoms with Crippen molar-refractivity contribution in [2.75, 3.05) is 11.9 Å². The van der Waals surface area contributed by atoms with E-state index in [0.29, 0.717) is 12.5 Å². The number of carbonyl (C=O) groups excluding carboxylic acids is 1. The quantitative estimate of drug-likeness (QED) is 0.887. The Balaban J connectivity index is 2.13. The third kappa shape index (κ3) is 3.04. The third-order valence-electron chi connectivity index (χ3n) is 4.73. The number of aryl methyl sites for hydroxylation is 2. The molecule has 0 saturated heterocycles. The summed E-state index contributed by atoms with van der Waals surface area (Å²) in [5.41, 5.74) is 8.79. The first-order chi connectivity index (χ1) is 9.47. The summed E-state index contributed by atoms with van der Waals surface area (Å²) >= 11 is 0. The van der Waals surface area contributed by atoms with E-state index < -0.39 is 0 Å². The molecule has 1 aliphatic carbocycles. The predicted molar refractivity (Wildman–Crippen MR) is 83.7 cm³/mol. The smallest absolute Gasteiger partial charge is 0.231 e. The molecule has 0 aliphatic heterocycles. The van der Waals surface area contributed by atoms with Gasteiger partial charge in [-0.15, -0.1) is 0 Å². The lowest BCUT2D eigenvalue weighted by Gasteiger charge is -2.37. The van der Waals surface area contributed by atoms with E-state index in [4.69, 9.17) is 5.73 Å². The van der Waals surface area contributed by atoms with Gasteiger partial charge in [0.25, 0.3) is 0 Å². The Morgan fingerprint density at radius 3 is 2.55 bits per heavy atom. The van der Waals surface area contributed by atoms with Crippen molar-refractivity contribution in [3.63, 3.8) is 0 Å². The highest BCUT2D eigenvalue weighted by atomic mass is 16.2. The van der Waals surface area contributed by atoms with E-state index in [1.165, 1.54) is 5.56 Å². The van der Waals surface area contributed by atoms with Crippen molar-refractivity contribution >= 4 is 11.6 Å². The Hall–Kier alpha value is -1.35. The molecule has 110 valence electrons. The lowest BCUT2D eigenvalue weighted by atomic mass is 9.70. The first kappa shape index (κ1) is 15.0.